The fourth-order valence-corrected chi connectivity index (χ4v) is 5.48. The molecular weight excluding hydrogens is 567 g/mol. The minimum atomic E-state index is -0.735. The number of imide groups is 1. The van der Waals surface area contributed by atoms with Crippen LogP contribution in [-0.4, -0.2) is 46.0 Å². The Morgan fingerprint density at radius 3 is 1.95 bits per heavy atom. The molecule has 3 amide bonds. The van der Waals surface area contributed by atoms with Gasteiger partial charge in [-0.3, -0.25) is 19.2 Å². The van der Waals surface area contributed by atoms with Crippen molar-refractivity contribution in [3.8, 4) is 5.75 Å². The van der Waals surface area contributed by atoms with E-state index in [0.717, 1.165) is 28.4 Å². The minimum absolute atomic E-state index is 0.0704. The van der Waals surface area contributed by atoms with Crippen LogP contribution in [0.2, 0.25) is 10.0 Å². The van der Waals surface area contributed by atoms with Gasteiger partial charge in [-0.25, -0.2) is 9.80 Å². The van der Waals surface area contributed by atoms with Crippen LogP contribution >= 0.6 is 23.2 Å². The molecule has 0 aromatic heterocycles. The number of halogens is 2. The third-order valence-corrected chi connectivity index (χ3v) is 8.17. The number of carbonyl (C=O) groups excluding carboxylic acids is 5. The van der Waals surface area contributed by atoms with Crippen molar-refractivity contribution in [2.24, 2.45) is 11.8 Å². The molecule has 1 aliphatic heterocycles. The molecule has 8 nitrogen and oxygen atoms in total. The highest BCUT2D eigenvalue weighted by atomic mass is 35.5. The Hall–Kier alpha value is -4.01. The van der Waals surface area contributed by atoms with Gasteiger partial charge < -0.3 is 4.74 Å². The van der Waals surface area contributed by atoms with Gasteiger partial charge in [0.25, 0.3) is 17.7 Å². The first-order chi connectivity index (χ1) is 19.6. The molecule has 1 heterocycles. The van der Waals surface area contributed by atoms with Crippen LogP contribution in [0, 0.1) is 18.8 Å². The lowest BCUT2D eigenvalue weighted by Crippen LogP contribution is -2.52. The minimum Gasteiger partial charge on any atom is -0.423 e. The third kappa shape index (κ3) is 5.89. The molecule has 41 heavy (non-hydrogen) atoms. The Morgan fingerprint density at radius 1 is 0.805 bits per heavy atom. The first kappa shape index (κ1) is 28.5. The lowest BCUT2D eigenvalue weighted by molar-refractivity contribution is -0.154. The summed E-state index contributed by atoms with van der Waals surface area (Å²) in [6, 6.07) is 16.9. The molecule has 0 spiro atoms. The largest absolute Gasteiger partial charge is 0.423 e. The second-order valence-corrected chi connectivity index (χ2v) is 11.0. The molecule has 0 N–H and O–H groups in total. The molecule has 1 saturated carbocycles. The number of esters is 1. The van der Waals surface area contributed by atoms with Gasteiger partial charge in [0.15, 0.2) is 5.78 Å². The number of hydrogen-bond acceptors (Lipinski definition) is 6. The number of fused-ring (bicyclic) bond motifs is 1. The normalized spacial score (nSPS) is 18.2. The maximum Gasteiger partial charge on any atom is 0.343 e. The van der Waals surface area contributed by atoms with Gasteiger partial charge in [0, 0.05) is 11.1 Å². The average molecular weight is 593 g/mol. The van der Waals surface area contributed by atoms with Crippen LogP contribution < -0.4 is 4.74 Å². The summed E-state index contributed by atoms with van der Waals surface area (Å²) >= 11 is 12.1. The van der Waals surface area contributed by atoms with E-state index >= 15 is 0 Å². The quantitative estimate of drug-likeness (QED) is 0.146. The fraction of sp³-hybridized carbons (Fsp3) is 0.258. The van der Waals surface area contributed by atoms with E-state index in [9.17, 15) is 24.0 Å². The SMILES string of the molecule is Cc1ccc(C(=O)Oc2ccc(C(=O)CN(C(=O)c3ccc(Cl)c(Cl)c3)N3C(=O)[C@@H]4CCCC[C@H]4C3=O)cc2)cc1. The number of Topliss-reactive ketones (excluding diaryl/α,β-unsaturated/α-hetero) is 1. The average Bonchev–Trinajstić information content (AvgIpc) is 3.22. The maximum atomic E-state index is 13.7. The summed E-state index contributed by atoms with van der Waals surface area (Å²) in [6.07, 6.45) is 2.73. The molecule has 210 valence electrons. The van der Waals surface area contributed by atoms with Crippen LogP contribution in [-0.2, 0) is 9.59 Å². The second-order valence-electron chi connectivity index (χ2n) is 10.2. The van der Waals surface area contributed by atoms with Crippen molar-refractivity contribution in [1.82, 2.24) is 10.0 Å². The van der Waals surface area contributed by atoms with Crippen molar-refractivity contribution in [2.45, 2.75) is 32.6 Å². The summed E-state index contributed by atoms with van der Waals surface area (Å²) in [5.41, 5.74) is 1.66. The molecule has 0 unspecified atom stereocenters. The highest BCUT2D eigenvalue weighted by Crippen LogP contribution is 2.39. The number of amides is 3. The van der Waals surface area contributed by atoms with E-state index < -0.39 is 47.9 Å². The summed E-state index contributed by atoms with van der Waals surface area (Å²) in [5, 5.41) is 2.08. The molecular formula is C31H26Cl2N2O6. The van der Waals surface area contributed by atoms with Gasteiger partial charge in [0.2, 0.25) is 0 Å². The van der Waals surface area contributed by atoms with Crippen molar-refractivity contribution in [3.63, 3.8) is 0 Å². The topological polar surface area (TPSA) is 101 Å². The molecule has 2 aliphatic rings. The highest BCUT2D eigenvalue weighted by molar-refractivity contribution is 6.42. The first-order valence-corrected chi connectivity index (χ1v) is 14.0. The lowest BCUT2D eigenvalue weighted by atomic mass is 9.81. The van der Waals surface area contributed by atoms with E-state index in [1.165, 1.54) is 42.5 Å². The summed E-state index contributed by atoms with van der Waals surface area (Å²) in [6.45, 7) is 1.34. The molecule has 3 aromatic rings. The molecule has 3 aromatic carbocycles. The predicted octanol–water partition coefficient (Wildman–Crippen LogP) is 5.94. The standard InChI is InChI=1S/C31H26Cl2N2O6/c1-18-6-8-20(9-7-18)31(40)41-22-13-10-19(11-14-22)27(36)17-34(28(37)21-12-15-25(32)26(33)16-21)35-29(38)23-4-2-3-5-24(23)30(35)39/h6-16,23-24H,2-5,17H2,1H3/t23-,24-/m1/s1. The van der Waals surface area contributed by atoms with Gasteiger partial charge in [0.05, 0.1) is 27.4 Å². The summed E-state index contributed by atoms with van der Waals surface area (Å²) in [7, 11) is 0. The van der Waals surface area contributed by atoms with Crippen LogP contribution in [0.5, 0.6) is 5.75 Å². The Kier molecular flexibility index (Phi) is 8.24. The van der Waals surface area contributed by atoms with Gasteiger partial charge in [-0.15, -0.1) is 0 Å². The van der Waals surface area contributed by atoms with Crippen molar-refractivity contribution >= 4 is 52.7 Å². The second kappa shape index (κ2) is 11.8. The Labute approximate surface area is 246 Å². The Balaban J connectivity index is 1.38. The Morgan fingerprint density at radius 2 is 1.37 bits per heavy atom. The molecule has 2 fully saturated rings. The number of ether oxygens (including phenoxy) is 1. The monoisotopic (exact) mass is 592 g/mol. The highest BCUT2D eigenvalue weighted by Gasteiger charge is 2.51. The number of nitrogens with zero attached hydrogens (tertiary/aromatic N) is 2. The molecule has 1 aliphatic carbocycles. The molecule has 0 bridgehead atoms. The van der Waals surface area contributed by atoms with Crippen molar-refractivity contribution in [1.29, 1.82) is 0 Å². The summed E-state index contributed by atoms with van der Waals surface area (Å²) in [5.74, 6) is -3.58. The zero-order valence-electron chi connectivity index (χ0n) is 22.1. The van der Waals surface area contributed by atoms with Crippen LogP contribution in [0.15, 0.2) is 66.7 Å². The summed E-state index contributed by atoms with van der Waals surface area (Å²) < 4.78 is 5.40. The molecule has 2 atom stereocenters. The van der Waals surface area contributed by atoms with Gasteiger partial charge >= 0.3 is 5.97 Å². The van der Waals surface area contributed by atoms with Gasteiger partial charge in [-0.05, 0) is 74.4 Å². The molecule has 5 rings (SSSR count). The Bertz CT molecular complexity index is 1510. The van der Waals surface area contributed by atoms with Crippen LogP contribution in [0.3, 0.4) is 0 Å². The number of benzene rings is 3. The van der Waals surface area contributed by atoms with E-state index in [1.54, 1.807) is 24.3 Å². The number of hydrogen-bond donors (Lipinski definition) is 0. The lowest BCUT2D eigenvalue weighted by Gasteiger charge is -2.30. The van der Waals surface area contributed by atoms with Gasteiger partial charge in [-0.2, -0.15) is 5.01 Å². The van der Waals surface area contributed by atoms with Crippen molar-refractivity contribution < 1.29 is 28.7 Å². The third-order valence-electron chi connectivity index (χ3n) is 7.43. The smallest absolute Gasteiger partial charge is 0.343 e. The first-order valence-electron chi connectivity index (χ1n) is 13.2. The van der Waals surface area contributed by atoms with E-state index in [2.05, 4.69) is 0 Å². The van der Waals surface area contributed by atoms with E-state index in [1.807, 2.05) is 6.92 Å². The van der Waals surface area contributed by atoms with E-state index in [4.69, 9.17) is 27.9 Å². The number of hydrazine groups is 1. The van der Waals surface area contributed by atoms with Crippen molar-refractivity contribution in [3.05, 3.63) is 99.0 Å². The zero-order chi connectivity index (χ0) is 29.3. The van der Waals surface area contributed by atoms with Gasteiger partial charge in [-0.1, -0.05) is 53.7 Å². The van der Waals surface area contributed by atoms with Crippen LogP contribution in [0.25, 0.3) is 0 Å². The number of ketones is 1. The summed E-state index contributed by atoms with van der Waals surface area (Å²) in [4.78, 5) is 66.2. The zero-order valence-corrected chi connectivity index (χ0v) is 23.7. The predicted molar refractivity (Wildman–Crippen MR) is 152 cm³/mol. The number of aryl methyl sites for hydroxylation is 1. The number of carbonyl (C=O) groups is 5. The fourth-order valence-electron chi connectivity index (χ4n) is 5.19. The van der Waals surface area contributed by atoms with Crippen LogP contribution in [0.1, 0.15) is 62.3 Å². The van der Waals surface area contributed by atoms with Crippen molar-refractivity contribution in [2.75, 3.05) is 6.54 Å². The van der Waals surface area contributed by atoms with E-state index in [-0.39, 0.29) is 26.9 Å². The molecule has 1 saturated heterocycles. The van der Waals surface area contributed by atoms with Crippen LogP contribution in [0.4, 0.5) is 0 Å². The molecule has 10 heteroatoms. The number of rotatable bonds is 7. The van der Waals surface area contributed by atoms with E-state index in [0.29, 0.717) is 18.4 Å². The molecule has 0 radical (unpaired) electrons. The maximum absolute atomic E-state index is 13.7. The van der Waals surface area contributed by atoms with Gasteiger partial charge in [0.1, 0.15) is 12.3 Å².